The van der Waals surface area contributed by atoms with Crippen molar-refractivity contribution in [2.45, 2.75) is 18.9 Å². The molecular formula is C11H14BrNO2. The molecule has 0 amide bonds. The highest BCUT2D eigenvalue weighted by Gasteiger charge is 2.11. The Morgan fingerprint density at radius 2 is 1.87 bits per heavy atom. The van der Waals surface area contributed by atoms with Gasteiger partial charge in [0.15, 0.2) is 0 Å². The number of alkyl halides is 1. The zero-order chi connectivity index (χ0) is 11.3. The summed E-state index contributed by atoms with van der Waals surface area (Å²) in [6.07, 6.45) is 1.36. The average Bonchev–Trinajstić information content (AvgIpc) is 2.21. The van der Waals surface area contributed by atoms with Gasteiger partial charge >= 0.3 is 5.97 Å². The highest BCUT2D eigenvalue weighted by molar-refractivity contribution is 9.09. The predicted octanol–water partition coefficient (Wildman–Crippen LogP) is 1.58. The molecule has 3 N–H and O–H groups in total. The minimum atomic E-state index is -0.959. The molecule has 0 aliphatic rings. The molecule has 0 radical (unpaired) electrons. The lowest BCUT2D eigenvalue weighted by atomic mass is 10.0. The van der Waals surface area contributed by atoms with Crippen LogP contribution in [0.25, 0.3) is 0 Å². The van der Waals surface area contributed by atoms with Crippen molar-refractivity contribution in [3.63, 3.8) is 0 Å². The van der Waals surface area contributed by atoms with Crippen LogP contribution in [0.2, 0.25) is 0 Å². The van der Waals surface area contributed by atoms with Gasteiger partial charge in [0.1, 0.15) is 6.04 Å². The van der Waals surface area contributed by atoms with Crippen molar-refractivity contribution in [3.8, 4) is 0 Å². The van der Waals surface area contributed by atoms with Crippen molar-refractivity contribution in [1.29, 1.82) is 0 Å². The zero-order valence-electron chi connectivity index (χ0n) is 8.32. The lowest BCUT2D eigenvalue weighted by Gasteiger charge is -2.06. The number of carboxylic acids is 1. The summed E-state index contributed by atoms with van der Waals surface area (Å²) < 4.78 is 0. The van der Waals surface area contributed by atoms with Crippen LogP contribution >= 0.6 is 15.9 Å². The minimum Gasteiger partial charge on any atom is -0.480 e. The Bertz CT molecular complexity index is 324. The van der Waals surface area contributed by atoms with Gasteiger partial charge in [0.05, 0.1) is 0 Å². The van der Waals surface area contributed by atoms with Crippen LogP contribution < -0.4 is 5.73 Å². The lowest BCUT2D eigenvalue weighted by molar-refractivity contribution is -0.138. The smallest absolute Gasteiger partial charge is 0.320 e. The molecule has 0 fully saturated rings. The molecule has 0 heterocycles. The summed E-state index contributed by atoms with van der Waals surface area (Å²) in [5.74, 6) is -0.959. The van der Waals surface area contributed by atoms with Gasteiger partial charge in [0.2, 0.25) is 0 Å². The molecule has 0 aliphatic heterocycles. The fourth-order valence-electron chi connectivity index (χ4n) is 1.29. The Morgan fingerprint density at radius 3 is 2.33 bits per heavy atom. The quantitative estimate of drug-likeness (QED) is 0.800. The maximum Gasteiger partial charge on any atom is 0.320 e. The van der Waals surface area contributed by atoms with Gasteiger partial charge in [-0.05, 0) is 24.0 Å². The number of benzene rings is 1. The predicted molar refractivity (Wildman–Crippen MR) is 63.3 cm³/mol. The Kier molecular flexibility index (Phi) is 4.78. The topological polar surface area (TPSA) is 63.3 Å². The molecule has 15 heavy (non-hydrogen) atoms. The van der Waals surface area contributed by atoms with Crippen LogP contribution in [0.5, 0.6) is 0 Å². The van der Waals surface area contributed by atoms with E-state index in [0.717, 1.165) is 17.3 Å². The Balaban J connectivity index is 2.60. The Morgan fingerprint density at radius 1 is 1.33 bits per heavy atom. The van der Waals surface area contributed by atoms with Crippen molar-refractivity contribution in [2.24, 2.45) is 5.73 Å². The summed E-state index contributed by atoms with van der Waals surface area (Å²) in [6.45, 7) is 0. The first kappa shape index (κ1) is 12.2. The van der Waals surface area contributed by atoms with Crippen LogP contribution in [0.4, 0.5) is 0 Å². The Hall–Kier alpha value is -0.870. The molecule has 1 aromatic carbocycles. The molecule has 0 bridgehead atoms. The van der Waals surface area contributed by atoms with E-state index in [1.807, 2.05) is 24.3 Å². The van der Waals surface area contributed by atoms with E-state index in [0.29, 0.717) is 6.42 Å². The van der Waals surface area contributed by atoms with E-state index in [9.17, 15) is 4.79 Å². The number of hydrogen-bond donors (Lipinski definition) is 2. The average molecular weight is 272 g/mol. The van der Waals surface area contributed by atoms with Gasteiger partial charge in [-0.15, -0.1) is 0 Å². The number of rotatable bonds is 5. The van der Waals surface area contributed by atoms with Crippen LogP contribution in [0.1, 0.15) is 11.1 Å². The number of halogens is 1. The molecule has 0 saturated heterocycles. The summed E-state index contributed by atoms with van der Waals surface area (Å²) in [6, 6.07) is 7.06. The number of nitrogens with two attached hydrogens (primary N) is 1. The van der Waals surface area contributed by atoms with Crippen molar-refractivity contribution in [3.05, 3.63) is 35.4 Å². The Labute approximate surface area is 97.4 Å². The van der Waals surface area contributed by atoms with Crippen LogP contribution in [0, 0.1) is 0 Å². The molecule has 0 saturated carbocycles. The lowest BCUT2D eigenvalue weighted by Crippen LogP contribution is -2.32. The second-order valence-electron chi connectivity index (χ2n) is 3.40. The first-order valence-electron chi connectivity index (χ1n) is 4.75. The third-order valence-corrected chi connectivity index (χ3v) is 2.58. The molecule has 1 atom stereocenters. The van der Waals surface area contributed by atoms with Gasteiger partial charge in [-0.3, -0.25) is 4.79 Å². The standard InChI is InChI=1S/C11H14BrNO2/c12-6-5-8-1-3-9(4-2-8)7-10(13)11(14)15/h1-4,10H,5-7,13H2,(H,14,15)/t10-/m0/s1. The number of aliphatic carboxylic acids is 1. The fourth-order valence-corrected chi connectivity index (χ4v) is 1.75. The van der Waals surface area contributed by atoms with E-state index in [4.69, 9.17) is 10.8 Å². The van der Waals surface area contributed by atoms with E-state index in [-0.39, 0.29) is 0 Å². The van der Waals surface area contributed by atoms with Crippen LogP contribution in [-0.4, -0.2) is 22.4 Å². The summed E-state index contributed by atoms with van der Waals surface area (Å²) in [4.78, 5) is 10.5. The molecule has 4 heteroatoms. The largest absolute Gasteiger partial charge is 0.480 e. The summed E-state index contributed by atoms with van der Waals surface area (Å²) in [7, 11) is 0. The molecular weight excluding hydrogens is 258 g/mol. The first-order chi connectivity index (χ1) is 7.13. The van der Waals surface area contributed by atoms with Crippen molar-refractivity contribution >= 4 is 21.9 Å². The molecule has 82 valence electrons. The third-order valence-electron chi connectivity index (χ3n) is 2.18. The molecule has 1 aromatic rings. The molecule has 3 nitrogen and oxygen atoms in total. The maximum atomic E-state index is 10.5. The SMILES string of the molecule is N[C@@H](Cc1ccc(CCBr)cc1)C(=O)O. The molecule has 0 spiro atoms. The highest BCUT2D eigenvalue weighted by atomic mass is 79.9. The van der Waals surface area contributed by atoms with Gasteiger partial charge in [-0.25, -0.2) is 0 Å². The van der Waals surface area contributed by atoms with E-state index in [1.54, 1.807) is 0 Å². The number of carbonyl (C=O) groups is 1. The van der Waals surface area contributed by atoms with Crippen LogP contribution in [-0.2, 0) is 17.6 Å². The van der Waals surface area contributed by atoms with E-state index in [2.05, 4.69) is 15.9 Å². The normalized spacial score (nSPS) is 12.4. The number of hydrogen-bond acceptors (Lipinski definition) is 2. The van der Waals surface area contributed by atoms with Crippen LogP contribution in [0.3, 0.4) is 0 Å². The number of carboxylic acid groups (broad SMARTS) is 1. The van der Waals surface area contributed by atoms with Gasteiger partial charge in [0.25, 0.3) is 0 Å². The first-order valence-corrected chi connectivity index (χ1v) is 5.88. The molecule has 0 unspecified atom stereocenters. The minimum absolute atomic E-state index is 0.379. The third kappa shape index (κ3) is 4.01. The van der Waals surface area contributed by atoms with E-state index >= 15 is 0 Å². The van der Waals surface area contributed by atoms with Gasteiger partial charge < -0.3 is 10.8 Å². The van der Waals surface area contributed by atoms with Gasteiger partial charge in [-0.2, -0.15) is 0 Å². The van der Waals surface area contributed by atoms with Crippen molar-refractivity contribution in [2.75, 3.05) is 5.33 Å². The van der Waals surface area contributed by atoms with E-state index in [1.165, 1.54) is 5.56 Å². The summed E-state index contributed by atoms with van der Waals surface area (Å²) >= 11 is 3.37. The summed E-state index contributed by atoms with van der Waals surface area (Å²) in [5.41, 5.74) is 7.64. The molecule has 1 rings (SSSR count). The van der Waals surface area contributed by atoms with E-state index < -0.39 is 12.0 Å². The highest BCUT2D eigenvalue weighted by Crippen LogP contribution is 2.08. The second kappa shape index (κ2) is 5.88. The summed E-state index contributed by atoms with van der Waals surface area (Å²) in [5, 5.41) is 9.58. The number of aryl methyl sites for hydroxylation is 1. The van der Waals surface area contributed by atoms with Crippen LogP contribution in [0.15, 0.2) is 24.3 Å². The van der Waals surface area contributed by atoms with Crippen molar-refractivity contribution in [1.82, 2.24) is 0 Å². The maximum absolute atomic E-state index is 10.5. The second-order valence-corrected chi connectivity index (χ2v) is 4.20. The monoisotopic (exact) mass is 271 g/mol. The fraction of sp³-hybridized carbons (Fsp3) is 0.364. The van der Waals surface area contributed by atoms with Gasteiger partial charge in [-0.1, -0.05) is 40.2 Å². The molecule has 0 aromatic heterocycles. The molecule has 0 aliphatic carbocycles. The van der Waals surface area contributed by atoms with Gasteiger partial charge in [0, 0.05) is 5.33 Å². The van der Waals surface area contributed by atoms with Crippen molar-refractivity contribution < 1.29 is 9.90 Å². The zero-order valence-corrected chi connectivity index (χ0v) is 9.90.